The SMILES string of the molecule is Cc1cc(C(=O)CN2CCC(C)C2)c(C)n1Cc1ccccc1. The summed E-state index contributed by atoms with van der Waals surface area (Å²) in [6.07, 6.45) is 1.21. The highest BCUT2D eigenvalue weighted by Gasteiger charge is 2.23. The lowest BCUT2D eigenvalue weighted by Crippen LogP contribution is -2.27. The van der Waals surface area contributed by atoms with Gasteiger partial charge in [0.1, 0.15) is 0 Å². The van der Waals surface area contributed by atoms with Gasteiger partial charge in [0, 0.05) is 30.0 Å². The largest absolute Gasteiger partial charge is 0.344 e. The summed E-state index contributed by atoms with van der Waals surface area (Å²) in [5, 5.41) is 0. The molecule has 1 aliphatic heterocycles. The van der Waals surface area contributed by atoms with Crippen molar-refractivity contribution in [1.29, 1.82) is 0 Å². The van der Waals surface area contributed by atoms with Crippen molar-refractivity contribution in [3.8, 4) is 0 Å². The third kappa shape index (κ3) is 3.56. The first-order valence-electron chi connectivity index (χ1n) is 8.51. The number of aromatic nitrogens is 1. The molecule has 0 N–H and O–H groups in total. The van der Waals surface area contributed by atoms with E-state index in [9.17, 15) is 4.79 Å². The molecular formula is C20H26N2O. The molecule has 2 heterocycles. The minimum Gasteiger partial charge on any atom is -0.344 e. The van der Waals surface area contributed by atoms with E-state index in [-0.39, 0.29) is 5.78 Å². The van der Waals surface area contributed by atoms with E-state index in [1.165, 1.54) is 12.0 Å². The van der Waals surface area contributed by atoms with Gasteiger partial charge in [0.25, 0.3) is 0 Å². The zero-order valence-electron chi connectivity index (χ0n) is 14.4. The third-order valence-electron chi connectivity index (χ3n) is 4.93. The molecule has 0 spiro atoms. The molecule has 1 saturated heterocycles. The summed E-state index contributed by atoms with van der Waals surface area (Å²) in [6.45, 7) is 9.90. The van der Waals surface area contributed by atoms with E-state index in [0.717, 1.165) is 36.6 Å². The molecule has 1 aliphatic rings. The first kappa shape index (κ1) is 16.0. The summed E-state index contributed by atoms with van der Waals surface area (Å²) in [7, 11) is 0. The zero-order valence-corrected chi connectivity index (χ0v) is 14.4. The van der Waals surface area contributed by atoms with E-state index in [0.29, 0.717) is 12.5 Å². The van der Waals surface area contributed by atoms with E-state index in [1.807, 2.05) is 6.07 Å². The average Bonchev–Trinajstić information content (AvgIpc) is 3.06. The van der Waals surface area contributed by atoms with Crippen LogP contribution >= 0.6 is 0 Å². The van der Waals surface area contributed by atoms with Gasteiger partial charge in [-0.25, -0.2) is 0 Å². The normalized spacial score (nSPS) is 18.5. The Morgan fingerprint density at radius 3 is 2.61 bits per heavy atom. The number of nitrogens with zero attached hydrogens (tertiary/aromatic N) is 2. The van der Waals surface area contributed by atoms with Gasteiger partial charge in [-0.15, -0.1) is 0 Å². The Morgan fingerprint density at radius 2 is 1.96 bits per heavy atom. The number of hydrogen-bond acceptors (Lipinski definition) is 2. The molecule has 1 aromatic carbocycles. The van der Waals surface area contributed by atoms with Gasteiger partial charge in [-0.1, -0.05) is 37.3 Å². The highest BCUT2D eigenvalue weighted by Crippen LogP contribution is 2.20. The summed E-state index contributed by atoms with van der Waals surface area (Å²) in [5.41, 5.74) is 4.40. The standard InChI is InChI=1S/C20H26N2O/c1-15-9-10-21(12-15)14-20(23)19-11-16(2)22(17(19)3)13-18-7-5-4-6-8-18/h4-8,11,15H,9-10,12-14H2,1-3H3. The second kappa shape index (κ2) is 6.71. The van der Waals surface area contributed by atoms with E-state index >= 15 is 0 Å². The number of likely N-dealkylation sites (tertiary alicyclic amines) is 1. The topological polar surface area (TPSA) is 25.2 Å². The van der Waals surface area contributed by atoms with Crippen LogP contribution in [0.1, 0.15) is 40.7 Å². The van der Waals surface area contributed by atoms with E-state index in [4.69, 9.17) is 0 Å². The van der Waals surface area contributed by atoms with Gasteiger partial charge < -0.3 is 4.57 Å². The van der Waals surface area contributed by atoms with Crippen LogP contribution < -0.4 is 0 Å². The minimum absolute atomic E-state index is 0.256. The van der Waals surface area contributed by atoms with Crippen molar-refractivity contribution in [2.75, 3.05) is 19.6 Å². The third-order valence-corrected chi connectivity index (χ3v) is 4.93. The molecule has 1 aromatic heterocycles. The van der Waals surface area contributed by atoms with Crippen molar-refractivity contribution in [1.82, 2.24) is 9.47 Å². The van der Waals surface area contributed by atoms with Crippen LogP contribution in [0.5, 0.6) is 0 Å². The molecule has 0 amide bonds. The Balaban J connectivity index is 1.76. The monoisotopic (exact) mass is 310 g/mol. The van der Waals surface area contributed by atoms with Gasteiger partial charge in [-0.05, 0) is 44.4 Å². The Morgan fingerprint density at radius 1 is 1.22 bits per heavy atom. The molecule has 3 heteroatoms. The van der Waals surface area contributed by atoms with Crippen molar-refractivity contribution in [2.24, 2.45) is 5.92 Å². The van der Waals surface area contributed by atoms with E-state index < -0.39 is 0 Å². The highest BCUT2D eigenvalue weighted by molar-refractivity contribution is 5.99. The lowest BCUT2D eigenvalue weighted by atomic mass is 10.1. The summed E-state index contributed by atoms with van der Waals surface area (Å²) < 4.78 is 2.25. The zero-order chi connectivity index (χ0) is 16.4. The molecular weight excluding hydrogens is 284 g/mol. The maximum atomic E-state index is 12.7. The quantitative estimate of drug-likeness (QED) is 0.787. The van der Waals surface area contributed by atoms with Gasteiger partial charge in [0.15, 0.2) is 5.78 Å². The van der Waals surface area contributed by atoms with Crippen molar-refractivity contribution in [3.63, 3.8) is 0 Å². The van der Waals surface area contributed by atoms with Crippen LogP contribution in [0, 0.1) is 19.8 Å². The minimum atomic E-state index is 0.256. The van der Waals surface area contributed by atoms with Gasteiger partial charge in [-0.3, -0.25) is 9.69 Å². The Kier molecular flexibility index (Phi) is 4.67. The summed E-state index contributed by atoms with van der Waals surface area (Å²) >= 11 is 0. The van der Waals surface area contributed by atoms with Gasteiger partial charge in [-0.2, -0.15) is 0 Å². The molecule has 1 fully saturated rings. The van der Waals surface area contributed by atoms with Crippen molar-refractivity contribution in [3.05, 3.63) is 58.9 Å². The van der Waals surface area contributed by atoms with Crippen LogP contribution in [-0.4, -0.2) is 34.9 Å². The van der Waals surface area contributed by atoms with E-state index in [1.54, 1.807) is 0 Å². The van der Waals surface area contributed by atoms with Gasteiger partial charge in [0.2, 0.25) is 0 Å². The highest BCUT2D eigenvalue weighted by atomic mass is 16.1. The molecule has 1 unspecified atom stereocenters. The lowest BCUT2D eigenvalue weighted by molar-refractivity contribution is 0.0943. The van der Waals surface area contributed by atoms with Crippen LogP contribution in [0.25, 0.3) is 0 Å². The molecule has 2 aromatic rings. The molecule has 0 bridgehead atoms. The number of ketones is 1. The Hall–Kier alpha value is -1.87. The Bertz CT molecular complexity index is 687. The molecule has 23 heavy (non-hydrogen) atoms. The second-order valence-corrected chi connectivity index (χ2v) is 6.91. The number of benzene rings is 1. The summed E-state index contributed by atoms with van der Waals surface area (Å²) in [4.78, 5) is 15.0. The maximum Gasteiger partial charge on any atom is 0.178 e. The average molecular weight is 310 g/mol. The number of rotatable bonds is 5. The lowest BCUT2D eigenvalue weighted by Gasteiger charge is -2.14. The fourth-order valence-corrected chi connectivity index (χ4v) is 3.55. The predicted molar refractivity (Wildman–Crippen MR) is 94.0 cm³/mol. The maximum absolute atomic E-state index is 12.7. The molecule has 0 aliphatic carbocycles. The molecule has 0 radical (unpaired) electrons. The number of carbonyl (C=O) groups is 1. The van der Waals surface area contributed by atoms with Crippen molar-refractivity contribution in [2.45, 2.75) is 33.7 Å². The first-order chi connectivity index (χ1) is 11.0. The number of hydrogen-bond donors (Lipinski definition) is 0. The molecule has 0 saturated carbocycles. The van der Waals surface area contributed by atoms with E-state index in [2.05, 4.69) is 60.6 Å². The first-order valence-corrected chi connectivity index (χ1v) is 8.51. The van der Waals surface area contributed by atoms with Gasteiger partial charge in [0.05, 0.1) is 6.54 Å². The summed E-state index contributed by atoms with van der Waals surface area (Å²) in [6, 6.07) is 12.5. The number of Topliss-reactive ketones (excluding diaryl/α,β-unsaturated/α-hetero) is 1. The second-order valence-electron chi connectivity index (χ2n) is 6.91. The van der Waals surface area contributed by atoms with Crippen LogP contribution in [0.4, 0.5) is 0 Å². The fourth-order valence-electron chi connectivity index (χ4n) is 3.55. The number of aryl methyl sites for hydroxylation is 1. The molecule has 122 valence electrons. The smallest absolute Gasteiger partial charge is 0.178 e. The van der Waals surface area contributed by atoms with Crippen LogP contribution in [0.2, 0.25) is 0 Å². The van der Waals surface area contributed by atoms with Crippen molar-refractivity contribution < 1.29 is 4.79 Å². The fraction of sp³-hybridized carbons (Fsp3) is 0.450. The summed E-state index contributed by atoms with van der Waals surface area (Å²) in [5.74, 6) is 0.972. The van der Waals surface area contributed by atoms with Crippen LogP contribution in [0.15, 0.2) is 36.4 Å². The Labute approximate surface area is 138 Å². The predicted octanol–water partition coefficient (Wildman–Crippen LogP) is 3.68. The molecule has 3 nitrogen and oxygen atoms in total. The van der Waals surface area contributed by atoms with Gasteiger partial charge >= 0.3 is 0 Å². The van der Waals surface area contributed by atoms with Crippen LogP contribution in [0.3, 0.4) is 0 Å². The molecule has 1 atom stereocenters. The number of carbonyl (C=O) groups excluding carboxylic acids is 1. The van der Waals surface area contributed by atoms with Crippen LogP contribution in [-0.2, 0) is 6.54 Å². The van der Waals surface area contributed by atoms with Crippen molar-refractivity contribution >= 4 is 5.78 Å². The molecule has 3 rings (SSSR count).